The summed E-state index contributed by atoms with van der Waals surface area (Å²) < 4.78 is 11.4. The van der Waals surface area contributed by atoms with Crippen LogP contribution in [0.3, 0.4) is 0 Å². The first-order valence-corrected chi connectivity index (χ1v) is 10.4. The van der Waals surface area contributed by atoms with Gasteiger partial charge in [-0.3, -0.25) is 9.69 Å². The molecule has 1 aromatic carbocycles. The number of ether oxygens (including phenoxy) is 1. The molecule has 2 aromatic heterocycles. The van der Waals surface area contributed by atoms with E-state index in [1.54, 1.807) is 17.4 Å². The number of aromatic nitrogens is 1. The van der Waals surface area contributed by atoms with Gasteiger partial charge < -0.3 is 14.6 Å². The molecule has 0 radical (unpaired) electrons. The second-order valence-corrected chi connectivity index (χ2v) is 7.57. The number of hydrogen-bond donors (Lipinski definition) is 1. The van der Waals surface area contributed by atoms with E-state index in [0.717, 1.165) is 37.4 Å². The van der Waals surface area contributed by atoms with Crippen molar-refractivity contribution in [1.29, 1.82) is 0 Å². The first-order chi connectivity index (χ1) is 13.7. The molecule has 1 atom stereocenters. The van der Waals surface area contributed by atoms with Crippen molar-refractivity contribution in [1.82, 2.24) is 15.4 Å². The molecule has 1 N–H and O–H groups in total. The summed E-state index contributed by atoms with van der Waals surface area (Å²) in [5.41, 5.74) is 2.68. The van der Waals surface area contributed by atoms with E-state index in [1.165, 1.54) is 5.56 Å². The Kier molecular flexibility index (Phi) is 5.73. The smallest absolute Gasteiger partial charge is 0.273 e. The van der Waals surface area contributed by atoms with Crippen LogP contribution in [0.2, 0.25) is 0 Å². The zero-order valence-electron chi connectivity index (χ0n) is 15.8. The molecular formula is C21H23N3O3S. The van der Waals surface area contributed by atoms with Gasteiger partial charge in [-0.2, -0.15) is 11.3 Å². The maximum atomic E-state index is 12.3. The van der Waals surface area contributed by atoms with Crippen LogP contribution >= 0.6 is 11.3 Å². The molecule has 3 aromatic rings. The molecule has 3 heterocycles. The van der Waals surface area contributed by atoms with Crippen molar-refractivity contribution in [2.24, 2.45) is 0 Å². The number of nitrogens with one attached hydrogen (secondary N) is 1. The van der Waals surface area contributed by atoms with Gasteiger partial charge in [0.05, 0.1) is 0 Å². The summed E-state index contributed by atoms with van der Waals surface area (Å²) in [6.07, 6.45) is 0.700. The van der Waals surface area contributed by atoms with Gasteiger partial charge in [0.2, 0.25) is 0 Å². The molecule has 1 unspecified atom stereocenters. The molecule has 28 heavy (non-hydrogen) atoms. The van der Waals surface area contributed by atoms with E-state index in [9.17, 15) is 4.79 Å². The molecule has 0 saturated heterocycles. The fourth-order valence-electron chi connectivity index (χ4n) is 3.29. The van der Waals surface area contributed by atoms with Crippen LogP contribution < -0.4 is 10.1 Å². The van der Waals surface area contributed by atoms with Crippen LogP contribution in [0.5, 0.6) is 5.75 Å². The van der Waals surface area contributed by atoms with Crippen LogP contribution in [-0.2, 0) is 13.0 Å². The monoisotopic (exact) mass is 397 g/mol. The first kappa shape index (κ1) is 18.7. The SMILES string of the molecule is CCc1cc(C(=O)NCCN2Cc3ccccc3OC(c3ccsc3)C2)no1. The number of para-hydroxylation sites is 1. The highest BCUT2D eigenvalue weighted by Crippen LogP contribution is 2.31. The molecular weight excluding hydrogens is 374 g/mol. The standard InChI is InChI=1S/C21H23N3O3S/c1-2-17-11-18(23-27-17)21(25)22-8-9-24-12-15-5-3-4-6-19(15)26-20(13-24)16-7-10-28-14-16/h3-7,10-11,14,20H,2,8-9,12-13H2,1H3,(H,22,25). The highest BCUT2D eigenvalue weighted by Gasteiger charge is 2.24. The van der Waals surface area contributed by atoms with E-state index < -0.39 is 0 Å². The summed E-state index contributed by atoms with van der Waals surface area (Å²) in [6, 6.07) is 12.0. The second-order valence-electron chi connectivity index (χ2n) is 6.79. The Labute approximate surface area is 168 Å². The van der Waals surface area contributed by atoms with E-state index in [0.29, 0.717) is 18.0 Å². The highest BCUT2D eigenvalue weighted by molar-refractivity contribution is 7.07. The van der Waals surface area contributed by atoms with E-state index in [1.807, 2.05) is 25.1 Å². The summed E-state index contributed by atoms with van der Waals surface area (Å²) in [7, 11) is 0. The normalized spacial score (nSPS) is 16.8. The Morgan fingerprint density at radius 2 is 2.25 bits per heavy atom. The average Bonchev–Trinajstić information content (AvgIpc) is 3.37. The summed E-state index contributed by atoms with van der Waals surface area (Å²) >= 11 is 1.67. The summed E-state index contributed by atoms with van der Waals surface area (Å²) in [5.74, 6) is 1.44. The third kappa shape index (κ3) is 4.26. The first-order valence-electron chi connectivity index (χ1n) is 9.45. The third-order valence-electron chi connectivity index (χ3n) is 4.83. The zero-order valence-corrected chi connectivity index (χ0v) is 16.6. The van der Waals surface area contributed by atoms with Gasteiger partial charge in [0.15, 0.2) is 5.69 Å². The van der Waals surface area contributed by atoms with Crippen LogP contribution in [0.1, 0.15) is 40.4 Å². The van der Waals surface area contributed by atoms with Gasteiger partial charge in [-0.1, -0.05) is 30.3 Å². The predicted molar refractivity (Wildman–Crippen MR) is 108 cm³/mol. The van der Waals surface area contributed by atoms with Crippen LogP contribution in [0.25, 0.3) is 0 Å². The molecule has 4 rings (SSSR count). The van der Waals surface area contributed by atoms with Gasteiger partial charge >= 0.3 is 0 Å². The Bertz CT molecular complexity index is 923. The Morgan fingerprint density at radius 1 is 1.36 bits per heavy atom. The van der Waals surface area contributed by atoms with E-state index >= 15 is 0 Å². The lowest BCUT2D eigenvalue weighted by Gasteiger charge is -2.23. The molecule has 6 nitrogen and oxygen atoms in total. The quantitative estimate of drug-likeness (QED) is 0.687. The van der Waals surface area contributed by atoms with Crippen LogP contribution in [0.4, 0.5) is 0 Å². The van der Waals surface area contributed by atoms with Crippen molar-refractivity contribution in [3.05, 3.63) is 69.7 Å². The van der Waals surface area contributed by atoms with Crippen molar-refractivity contribution in [3.8, 4) is 5.75 Å². The fourth-order valence-corrected chi connectivity index (χ4v) is 3.99. The molecule has 0 fully saturated rings. The van der Waals surface area contributed by atoms with E-state index in [-0.39, 0.29) is 12.0 Å². The number of hydrogen-bond acceptors (Lipinski definition) is 6. The number of nitrogens with zero attached hydrogens (tertiary/aromatic N) is 2. The van der Waals surface area contributed by atoms with E-state index in [4.69, 9.17) is 9.26 Å². The van der Waals surface area contributed by atoms with Crippen molar-refractivity contribution in [2.45, 2.75) is 26.0 Å². The van der Waals surface area contributed by atoms with Gasteiger partial charge in [0, 0.05) is 49.8 Å². The van der Waals surface area contributed by atoms with Crippen molar-refractivity contribution in [3.63, 3.8) is 0 Å². The number of thiophene rings is 1. The van der Waals surface area contributed by atoms with Gasteiger partial charge in [-0.25, -0.2) is 0 Å². The fraction of sp³-hybridized carbons (Fsp3) is 0.333. The Hall–Kier alpha value is -2.64. The zero-order chi connectivity index (χ0) is 19.3. The second kappa shape index (κ2) is 8.58. The number of benzene rings is 1. The molecule has 7 heteroatoms. The Morgan fingerprint density at radius 3 is 3.04 bits per heavy atom. The highest BCUT2D eigenvalue weighted by atomic mass is 32.1. The van der Waals surface area contributed by atoms with Gasteiger partial charge in [0.25, 0.3) is 5.91 Å². The minimum absolute atomic E-state index is 0.0201. The minimum Gasteiger partial charge on any atom is -0.484 e. The molecule has 0 spiro atoms. The van der Waals surface area contributed by atoms with E-state index in [2.05, 4.69) is 38.3 Å². The lowest BCUT2D eigenvalue weighted by atomic mass is 10.2. The predicted octanol–water partition coefficient (Wildman–Crippen LogP) is 3.66. The molecule has 1 aliphatic rings. The molecule has 1 aliphatic heterocycles. The van der Waals surface area contributed by atoms with Crippen molar-refractivity contribution < 1.29 is 14.1 Å². The Balaban J connectivity index is 1.41. The number of rotatable bonds is 6. The van der Waals surface area contributed by atoms with Crippen molar-refractivity contribution >= 4 is 17.2 Å². The average molecular weight is 398 g/mol. The molecule has 0 saturated carbocycles. The number of carbonyl (C=O) groups is 1. The molecule has 1 amide bonds. The van der Waals surface area contributed by atoms with Gasteiger partial charge in [0.1, 0.15) is 17.6 Å². The van der Waals surface area contributed by atoms with Crippen LogP contribution in [0, 0.1) is 0 Å². The van der Waals surface area contributed by atoms with Crippen LogP contribution in [0.15, 0.2) is 51.7 Å². The summed E-state index contributed by atoms with van der Waals surface area (Å²) in [5, 5.41) is 11.0. The molecule has 146 valence electrons. The maximum absolute atomic E-state index is 12.3. The number of aryl methyl sites for hydroxylation is 1. The lowest BCUT2D eigenvalue weighted by molar-refractivity contribution is 0.0934. The lowest BCUT2D eigenvalue weighted by Crippen LogP contribution is -2.36. The topological polar surface area (TPSA) is 67.6 Å². The maximum Gasteiger partial charge on any atom is 0.273 e. The largest absolute Gasteiger partial charge is 0.484 e. The number of amides is 1. The van der Waals surface area contributed by atoms with Crippen LogP contribution in [-0.4, -0.2) is 35.6 Å². The molecule has 0 bridgehead atoms. The van der Waals surface area contributed by atoms with Gasteiger partial charge in [-0.15, -0.1) is 0 Å². The third-order valence-corrected chi connectivity index (χ3v) is 5.53. The number of fused-ring (bicyclic) bond motifs is 1. The molecule has 0 aliphatic carbocycles. The summed E-state index contributed by atoms with van der Waals surface area (Å²) in [6.45, 7) is 4.78. The van der Waals surface area contributed by atoms with Crippen molar-refractivity contribution in [2.75, 3.05) is 19.6 Å². The minimum atomic E-state index is -0.204. The van der Waals surface area contributed by atoms with Gasteiger partial charge in [-0.05, 0) is 22.9 Å². The summed E-state index contributed by atoms with van der Waals surface area (Å²) in [4.78, 5) is 14.6. The number of carbonyl (C=O) groups excluding carboxylic acids is 1.